The van der Waals surface area contributed by atoms with Crippen LogP contribution in [-0.2, 0) is 7.05 Å². The Morgan fingerprint density at radius 1 is 1.50 bits per heavy atom. The second-order valence-corrected chi connectivity index (χ2v) is 4.32. The molecule has 1 N–H and O–H groups in total. The first-order valence-electron chi connectivity index (χ1n) is 5.37. The third-order valence-electron chi connectivity index (χ3n) is 3.09. The standard InChI is InChI=1S/C12H12N2O2/c1-14-11(7-2-3-7)9-6-8(12(15)16)4-5-10(9)13-14/h4-7H,2-3H2,1H3,(H,15,16). The van der Waals surface area contributed by atoms with Crippen LogP contribution in [0.3, 0.4) is 0 Å². The Morgan fingerprint density at radius 3 is 2.88 bits per heavy atom. The summed E-state index contributed by atoms with van der Waals surface area (Å²) in [5.74, 6) is -0.313. The summed E-state index contributed by atoms with van der Waals surface area (Å²) >= 11 is 0. The molecule has 4 heteroatoms. The second kappa shape index (κ2) is 3.07. The topological polar surface area (TPSA) is 55.1 Å². The van der Waals surface area contributed by atoms with Crippen LogP contribution in [-0.4, -0.2) is 20.9 Å². The quantitative estimate of drug-likeness (QED) is 0.836. The summed E-state index contributed by atoms with van der Waals surface area (Å²) in [7, 11) is 1.92. The van der Waals surface area contributed by atoms with Gasteiger partial charge in [-0.1, -0.05) is 0 Å². The van der Waals surface area contributed by atoms with Gasteiger partial charge in [0.2, 0.25) is 0 Å². The minimum absolute atomic E-state index is 0.336. The van der Waals surface area contributed by atoms with Crippen LogP contribution < -0.4 is 0 Å². The van der Waals surface area contributed by atoms with Crippen molar-refractivity contribution in [3.8, 4) is 0 Å². The lowest BCUT2D eigenvalue weighted by Crippen LogP contribution is -1.96. The normalized spacial score (nSPS) is 15.6. The monoisotopic (exact) mass is 216 g/mol. The lowest BCUT2D eigenvalue weighted by molar-refractivity contribution is 0.0697. The van der Waals surface area contributed by atoms with Gasteiger partial charge in [-0.15, -0.1) is 0 Å². The van der Waals surface area contributed by atoms with Crippen LogP contribution in [0.4, 0.5) is 0 Å². The molecule has 1 fully saturated rings. The molecule has 0 unspecified atom stereocenters. The number of nitrogens with zero attached hydrogens (tertiary/aromatic N) is 2. The van der Waals surface area contributed by atoms with Gasteiger partial charge < -0.3 is 5.11 Å². The third kappa shape index (κ3) is 1.30. The Kier molecular flexibility index (Phi) is 1.80. The zero-order valence-electron chi connectivity index (χ0n) is 8.97. The number of benzene rings is 1. The van der Waals surface area contributed by atoms with Gasteiger partial charge in [0.05, 0.1) is 11.1 Å². The number of rotatable bonds is 2. The lowest BCUT2D eigenvalue weighted by atomic mass is 10.1. The Hall–Kier alpha value is -1.84. The fourth-order valence-electron chi connectivity index (χ4n) is 2.19. The average Bonchev–Trinajstić information content (AvgIpc) is 3.00. The van der Waals surface area contributed by atoms with Gasteiger partial charge in [-0.2, -0.15) is 5.10 Å². The van der Waals surface area contributed by atoms with Gasteiger partial charge in [-0.3, -0.25) is 4.68 Å². The van der Waals surface area contributed by atoms with E-state index in [-0.39, 0.29) is 0 Å². The number of carbonyl (C=O) groups is 1. The fourth-order valence-corrected chi connectivity index (χ4v) is 2.19. The molecule has 0 amide bonds. The molecule has 16 heavy (non-hydrogen) atoms. The summed E-state index contributed by atoms with van der Waals surface area (Å²) in [6.45, 7) is 0. The number of hydrogen-bond donors (Lipinski definition) is 1. The van der Waals surface area contributed by atoms with E-state index in [1.165, 1.54) is 18.5 Å². The van der Waals surface area contributed by atoms with Crippen molar-refractivity contribution in [3.63, 3.8) is 0 Å². The molecular weight excluding hydrogens is 204 g/mol. The molecule has 2 aromatic rings. The van der Waals surface area contributed by atoms with Gasteiger partial charge in [-0.25, -0.2) is 4.79 Å². The molecular formula is C12H12N2O2. The molecule has 0 saturated heterocycles. The minimum atomic E-state index is -0.882. The molecule has 1 aromatic heterocycles. The number of aryl methyl sites for hydroxylation is 1. The highest BCUT2D eigenvalue weighted by molar-refractivity contribution is 5.94. The van der Waals surface area contributed by atoms with Gasteiger partial charge in [0.25, 0.3) is 0 Å². The summed E-state index contributed by atoms with van der Waals surface area (Å²) in [6.07, 6.45) is 2.37. The Morgan fingerprint density at radius 2 is 2.25 bits per heavy atom. The number of aromatic nitrogens is 2. The van der Waals surface area contributed by atoms with Gasteiger partial charge in [0, 0.05) is 24.0 Å². The zero-order valence-corrected chi connectivity index (χ0v) is 8.97. The van der Waals surface area contributed by atoms with Crippen molar-refractivity contribution in [1.29, 1.82) is 0 Å². The van der Waals surface area contributed by atoms with E-state index < -0.39 is 5.97 Å². The minimum Gasteiger partial charge on any atom is -0.478 e. The average molecular weight is 216 g/mol. The number of carboxylic acid groups (broad SMARTS) is 1. The van der Waals surface area contributed by atoms with Crippen LogP contribution in [0.2, 0.25) is 0 Å². The van der Waals surface area contributed by atoms with Gasteiger partial charge in [0.1, 0.15) is 0 Å². The summed E-state index contributed by atoms with van der Waals surface area (Å²) < 4.78 is 1.88. The summed E-state index contributed by atoms with van der Waals surface area (Å²) in [5, 5.41) is 14.4. The predicted molar refractivity (Wildman–Crippen MR) is 59.6 cm³/mol. The van der Waals surface area contributed by atoms with E-state index >= 15 is 0 Å². The largest absolute Gasteiger partial charge is 0.478 e. The van der Waals surface area contributed by atoms with Crippen LogP contribution >= 0.6 is 0 Å². The maximum absolute atomic E-state index is 10.9. The first kappa shape index (κ1) is 9.39. The van der Waals surface area contributed by atoms with Crippen molar-refractivity contribution in [2.24, 2.45) is 7.05 Å². The highest BCUT2D eigenvalue weighted by Gasteiger charge is 2.29. The van der Waals surface area contributed by atoms with E-state index in [0.29, 0.717) is 11.5 Å². The molecule has 0 radical (unpaired) electrons. The number of fused-ring (bicyclic) bond motifs is 1. The van der Waals surface area contributed by atoms with E-state index in [0.717, 1.165) is 10.9 Å². The van der Waals surface area contributed by atoms with Crippen molar-refractivity contribution in [1.82, 2.24) is 9.78 Å². The van der Waals surface area contributed by atoms with Crippen LogP contribution in [0, 0.1) is 0 Å². The van der Waals surface area contributed by atoms with Gasteiger partial charge >= 0.3 is 5.97 Å². The molecule has 3 rings (SSSR count). The first-order valence-corrected chi connectivity index (χ1v) is 5.37. The molecule has 0 spiro atoms. The van der Waals surface area contributed by atoms with E-state index in [1.54, 1.807) is 18.2 Å². The molecule has 1 saturated carbocycles. The van der Waals surface area contributed by atoms with Crippen LogP contribution in [0.25, 0.3) is 10.9 Å². The first-order chi connectivity index (χ1) is 7.66. The highest BCUT2D eigenvalue weighted by atomic mass is 16.4. The zero-order chi connectivity index (χ0) is 11.3. The van der Waals surface area contributed by atoms with Crippen molar-refractivity contribution >= 4 is 16.9 Å². The number of aromatic carboxylic acids is 1. The van der Waals surface area contributed by atoms with Crippen LogP contribution in [0.5, 0.6) is 0 Å². The summed E-state index contributed by atoms with van der Waals surface area (Å²) in [4.78, 5) is 10.9. The number of carboxylic acids is 1. The van der Waals surface area contributed by atoms with Crippen molar-refractivity contribution in [2.75, 3.05) is 0 Å². The van der Waals surface area contributed by atoms with E-state index in [2.05, 4.69) is 5.10 Å². The van der Waals surface area contributed by atoms with E-state index in [9.17, 15) is 4.79 Å². The van der Waals surface area contributed by atoms with Gasteiger partial charge in [0.15, 0.2) is 0 Å². The maximum Gasteiger partial charge on any atom is 0.335 e. The second-order valence-electron chi connectivity index (χ2n) is 4.32. The molecule has 0 atom stereocenters. The fraction of sp³-hybridized carbons (Fsp3) is 0.333. The molecule has 1 aliphatic carbocycles. The maximum atomic E-state index is 10.9. The van der Waals surface area contributed by atoms with Crippen molar-refractivity contribution in [2.45, 2.75) is 18.8 Å². The Bertz CT molecular complexity index is 582. The van der Waals surface area contributed by atoms with Crippen molar-refractivity contribution < 1.29 is 9.90 Å². The Labute approximate surface area is 92.5 Å². The lowest BCUT2D eigenvalue weighted by Gasteiger charge is -1.99. The number of hydrogen-bond acceptors (Lipinski definition) is 2. The van der Waals surface area contributed by atoms with Gasteiger partial charge in [-0.05, 0) is 31.0 Å². The van der Waals surface area contributed by atoms with Crippen LogP contribution in [0.15, 0.2) is 18.2 Å². The SMILES string of the molecule is Cn1nc2ccc(C(=O)O)cc2c1C1CC1. The smallest absolute Gasteiger partial charge is 0.335 e. The molecule has 0 aliphatic heterocycles. The molecule has 82 valence electrons. The molecule has 1 aliphatic rings. The molecule has 1 heterocycles. The highest BCUT2D eigenvalue weighted by Crippen LogP contribution is 2.42. The molecule has 0 bridgehead atoms. The van der Waals surface area contributed by atoms with Crippen LogP contribution in [0.1, 0.15) is 34.8 Å². The van der Waals surface area contributed by atoms with Crippen molar-refractivity contribution in [3.05, 3.63) is 29.5 Å². The van der Waals surface area contributed by atoms with E-state index in [1.807, 2.05) is 11.7 Å². The summed E-state index contributed by atoms with van der Waals surface area (Å²) in [6, 6.07) is 5.12. The third-order valence-corrected chi connectivity index (χ3v) is 3.09. The Balaban J connectivity index is 2.27. The van der Waals surface area contributed by atoms with E-state index in [4.69, 9.17) is 5.11 Å². The molecule has 4 nitrogen and oxygen atoms in total. The summed E-state index contributed by atoms with van der Waals surface area (Å²) in [5.41, 5.74) is 2.40. The molecule has 1 aromatic carbocycles. The predicted octanol–water partition coefficient (Wildman–Crippen LogP) is 2.15.